The van der Waals surface area contributed by atoms with Crippen LogP contribution in [0.3, 0.4) is 0 Å². The SMILES string of the molecule is CCC(C)C(CCC(C(C)CC)S(=O)O)S(=O)O. The molecule has 0 amide bonds. The molecule has 0 saturated heterocycles. The second-order valence-corrected chi connectivity index (χ2v) is 7.29. The molecule has 0 fully saturated rings. The van der Waals surface area contributed by atoms with Crippen molar-refractivity contribution in [3.05, 3.63) is 0 Å². The summed E-state index contributed by atoms with van der Waals surface area (Å²) in [5.41, 5.74) is 0. The first kappa shape index (κ1) is 18.2. The largest absolute Gasteiger partial charge is 0.306 e. The molecule has 0 bridgehead atoms. The number of hydrogen-bond donors (Lipinski definition) is 2. The third kappa shape index (κ3) is 5.91. The molecular formula is C12H26O4S2. The highest BCUT2D eigenvalue weighted by Crippen LogP contribution is 2.24. The van der Waals surface area contributed by atoms with E-state index in [0.29, 0.717) is 12.8 Å². The minimum absolute atomic E-state index is 0.153. The predicted octanol–water partition coefficient (Wildman–Crippen LogP) is 3.04. The van der Waals surface area contributed by atoms with Gasteiger partial charge in [0.15, 0.2) is 22.2 Å². The summed E-state index contributed by atoms with van der Waals surface area (Å²) in [6.45, 7) is 7.88. The molecule has 0 rings (SSSR count). The van der Waals surface area contributed by atoms with Crippen molar-refractivity contribution >= 4 is 22.2 Å². The average molecular weight is 298 g/mol. The summed E-state index contributed by atoms with van der Waals surface area (Å²) in [4.78, 5) is 0. The summed E-state index contributed by atoms with van der Waals surface area (Å²) in [5, 5.41) is -0.602. The molecule has 0 heterocycles. The Labute approximate surface area is 116 Å². The molecule has 6 heteroatoms. The van der Waals surface area contributed by atoms with Gasteiger partial charge in [-0.25, -0.2) is 8.42 Å². The molecule has 6 atom stereocenters. The van der Waals surface area contributed by atoms with Crippen molar-refractivity contribution in [2.75, 3.05) is 0 Å². The maximum Gasteiger partial charge on any atom is 0.156 e. The Bertz CT molecular complexity index is 255. The lowest BCUT2D eigenvalue weighted by Crippen LogP contribution is -2.28. The Morgan fingerprint density at radius 2 is 1.11 bits per heavy atom. The molecule has 0 spiro atoms. The maximum atomic E-state index is 11.3. The molecule has 0 radical (unpaired) electrons. The Morgan fingerprint density at radius 3 is 1.28 bits per heavy atom. The van der Waals surface area contributed by atoms with Crippen LogP contribution in [0.2, 0.25) is 0 Å². The van der Waals surface area contributed by atoms with Crippen LogP contribution in [0.4, 0.5) is 0 Å². The molecule has 0 aliphatic heterocycles. The fourth-order valence-corrected chi connectivity index (χ4v) is 3.88. The zero-order valence-electron chi connectivity index (χ0n) is 11.7. The molecule has 0 aromatic heterocycles. The van der Waals surface area contributed by atoms with Crippen molar-refractivity contribution in [1.82, 2.24) is 0 Å². The minimum atomic E-state index is -1.86. The van der Waals surface area contributed by atoms with Gasteiger partial charge in [-0.15, -0.1) is 0 Å². The third-order valence-electron chi connectivity index (χ3n) is 3.81. The summed E-state index contributed by atoms with van der Waals surface area (Å²) >= 11 is -3.72. The topological polar surface area (TPSA) is 74.6 Å². The lowest BCUT2D eigenvalue weighted by molar-refractivity contribution is 0.413. The van der Waals surface area contributed by atoms with E-state index in [0.717, 1.165) is 12.8 Å². The van der Waals surface area contributed by atoms with Crippen LogP contribution in [0.25, 0.3) is 0 Å². The minimum Gasteiger partial charge on any atom is -0.306 e. The van der Waals surface area contributed by atoms with Gasteiger partial charge in [-0.1, -0.05) is 40.5 Å². The molecule has 18 heavy (non-hydrogen) atoms. The van der Waals surface area contributed by atoms with Crippen LogP contribution in [-0.4, -0.2) is 28.0 Å². The van der Waals surface area contributed by atoms with Gasteiger partial charge in [-0.05, 0) is 24.7 Å². The van der Waals surface area contributed by atoms with Crippen molar-refractivity contribution < 1.29 is 17.5 Å². The van der Waals surface area contributed by atoms with Gasteiger partial charge in [0.2, 0.25) is 0 Å². The first-order chi connectivity index (χ1) is 8.34. The lowest BCUT2D eigenvalue weighted by atomic mass is 9.95. The third-order valence-corrected chi connectivity index (χ3v) is 6.25. The highest BCUT2D eigenvalue weighted by atomic mass is 32.2. The Morgan fingerprint density at radius 1 is 0.833 bits per heavy atom. The zero-order valence-corrected chi connectivity index (χ0v) is 13.3. The van der Waals surface area contributed by atoms with Crippen molar-refractivity contribution in [3.8, 4) is 0 Å². The molecule has 4 nitrogen and oxygen atoms in total. The van der Waals surface area contributed by atoms with Gasteiger partial charge >= 0.3 is 0 Å². The fraction of sp³-hybridized carbons (Fsp3) is 1.00. The average Bonchev–Trinajstić information content (AvgIpc) is 2.31. The van der Waals surface area contributed by atoms with Crippen LogP contribution in [0, 0.1) is 11.8 Å². The number of hydrogen-bond acceptors (Lipinski definition) is 2. The van der Waals surface area contributed by atoms with Gasteiger partial charge in [-0.3, -0.25) is 0 Å². The van der Waals surface area contributed by atoms with E-state index in [2.05, 4.69) is 0 Å². The van der Waals surface area contributed by atoms with Crippen LogP contribution in [-0.2, 0) is 22.2 Å². The van der Waals surface area contributed by atoms with E-state index in [1.807, 2.05) is 27.7 Å². The van der Waals surface area contributed by atoms with Crippen LogP contribution in [0.5, 0.6) is 0 Å². The smallest absolute Gasteiger partial charge is 0.156 e. The summed E-state index contributed by atoms with van der Waals surface area (Å²) < 4.78 is 41.2. The highest BCUT2D eigenvalue weighted by Gasteiger charge is 2.27. The number of rotatable bonds is 9. The van der Waals surface area contributed by atoms with E-state index in [4.69, 9.17) is 0 Å². The van der Waals surface area contributed by atoms with E-state index in [1.54, 1.807) is 0 Å². The molecule has 0 saturated carbocycles. The highest BCUT2D eigenvalue weighted by molar-refractivity contribution is 7.80. The van der Waals surface area contributed by atoms with E-state index in [1.165, 1.54) is 0 Å². The molecule has 6 unspecified atom stereocenters. The molecule has 0 aliphatic carbocycles. The summed E-state index contributed by atoms with van der Waals surface area (Å²) in [7, 11) is 0. The first-order valence-electron chi connectivity index (χ1n) is 6.54. The Hall–Kier alpha value is 0.220. The van der Waals surface area contributed by atoms with Gasteiger partial charge in [0.25, 0.3) is 0 Å². The summed E-state index contributed by atoms with van der Waals surface area (Å²) in [6, 6.07) is 0. The normalized spacial score (nSPS) is 21.9. The van der Waals surface area contributed by atoms with Gasteiger partial charge < -0.3 is 9.11 Å². The Kier molecular flexibility index (Phi) is 9.29. The lowest BCUT2D eigenvalue weighted by Gasteiger charge is -2.24. The van der Waals surface area contributed by atoms with Crippen molar-refractivity contribution in [2.24, 2.45) is 11.8 Å². The van der Waals surface area contributed by atoms with Gasteiger partial charge in [0.1, 0.15) is 0 Å². The second kappa shape index (κ2) is 9.18. The summed E-state index contributed by atoms with van der Waals surface area (Å²) in [6.07, 6.45) is 2.74. The molecule has 0 aromatic rings. The van der Waals surface area contributed by atoms with E-state index in [9.17, 15) is 17.5 Å². The predicted molar refractivity (Wildman–Crippen MR) is 77.3 cm³/mol. The van der Waals surface area contributed by atoms with Gasteiger partial charge in [-0.2, -0.15) is 0 Å². The standard InChI is InChI=1S/C12H26O4S2/c1-5-9(3)11(17(13)14)7-8-12(18(15)16)10(4)6-2/h9-12H,5-8H2,1-4H3,(H,13,14)(H,15,16). The van der Waals surface area contributed by atoms with Crippen LogP contribution >= 0.6 is 0 Å². The molecule has 0 aliphatic rings. The van der Waals surface area contributed by atoms with Gasteiger partial charge in [0.05, 0.1) is 10.5 Å². The van der Waals surface area contributed by atoms with Crippen LogP contribution < -0.4 is 0 Å². The van der Waals surface area contributed by atoms with Crippen LogP contribution in [0.1, 0.15) is 53.4 Å². The summed E-state index contributed by atoms with van der Waals surface area (Å²) in [5.74, 6) is 0.307. The van der Waals surface area contributed by atoms with Crippen molar-refractivity contribution in [2.45, 2.75) is 63.9 Å². The molecule has 110 valence electrons. The maximum absolute atomic E-state index is 11.3. The molecule has 0 aromatic carbocycles. The first-order valence-corrected chi connectivity index (χ1v) is 8.88. The Balaban J connectivity index is 4.56. The van der Waals surface area contributed by atoms with Crippen molar-refractivity contribution in [1.29, 1.82) is 0 Å². The fourth-order valence-electron chi connectivity index (χ4n) is 2.02. The second-order valence-electron chi connectivity index (χ2n) is 4.98. The molecular weight excluding hydrogens is 272 g/mol. The van der Waals surface area contributed by atoms with E-state index >= 15 is 0 Å². The van der Waals surface area contributed by atoms with Crippen molar-refractivity contribution in [3.63, 3.8) is 0 Å². The quantitative estimate of drug-likeness (QED) is 0.642. The van der Waals surface area contributed by atoms with Crippen LogP contribution in [0.15, 0.2) is 0 Å². The molecule has 2 N–H and O–H groups in total. The zero-order chi connectivity index (χ0) is 14.3. The van der Waals surface area contributed by atoms with E-state index < -0.39 is 22.2 Å². The monoisotopic (exact) mass is 298 g/mol. The van der Waals surface area contributed by atoms with E-state index in [-0.39, 0.29) is 22.3 Å². The van der Waals surface area contributed by atoms with Gasteiger partial charge in [0, 0.05) is 0 Å².